The van der Waals surface area contributed by atoms with E-state index in [9.17, 15) is 15.3 Å². The summed E-state index contributed by atoms with van der Waals surface area (Å²) >= 11 is 0. The van der Waals surface area contributed by atoms with Crippen molar-refractivity contribution in [1.29, 1.82) is 0 Å². The van der Waals surface area contributed by atoms with Crippen LogP contribution < -0.4 is 0 Å². The number of ether oxygens (including phenoxy) is 3. The van der Waals surface area contributed by atoms with E-state index < -0.39 is 49.0 Å². The third-order valence-electron chi connectivity index (χ3n) is 3.75. The number of rotatable bonds is 4. The summed E-state index contributed by atoms with van der Waals surface area (Å²) in [6.45, 7) is 1.02. The lowest BCUT2D eigenvalue weighted by Gasteiger charge is -2.38. The van der Waals surface area contributed by atoms with E-state index in [-0.39, 0.29) is 19.6 Å². The van der Waals surface area contributed by atoms with E-state index in [1.54, 1.807) is 6.92 Å². The van der Waals surface area contributed by atoms with Gasteiger partial charge in [-0.15, -0.1) is 0 Å². The summed E-state index contributed by atoms with van der Waals surface area (Å²) in [4.78, 5) is 0. The van der Waals surface area contributed by atoms with Crippen LogP contribution in [0.1, 0.15) is 13.3 Å². The van der Waals surface area contributed by atoms with Gasteiger partial charge in [-0.2, -0.15) is 0 Å². The molecule has 2 aliphatic rings. The van der Waals surface area contributed by atoms with Crippen molar-refractivity contribution in [2.75, 3.05) is 20.3 Å². The first kappa shape index (κ1) is 19.7. The van der Waals surface area contributed by atoms with E-state index in [4.69, 9.17) is 29.5 Å². The molecule has 8 atom stereocenters. The van der Waals surface area contributed by atoms with Crippen molar-refractivity contribution in [3.63, 3.8) is 0 Å². The molecule has 2 rings (SSSR count). The monoisotopic (exact) mass is 326 g/mol. The van der Waals surface area contributed by atoms with Gasteiger partial charge in [0.05, 0.1) is 31.5 Å². The molecule has 0 aromatic heterocycles. The second-order valence-electron chi connectivity index (χ2n) is 5.26. The zero-order chi connectivity index (χ0) is 16.9. The Morgan fingerprint density at radius 1 is 1.00 bits per heavy atom. The van der Waals surface area contributed by atoms with Crippen molar-refractivity contribution in [2.24, 2.45) is 0 Å². The standard InChI is InChI=1S/C12H22O8.CH4O/c1-5-11(10(17)8(4-14)18-5)20-12-9(16)7(15)2-6(3-13)19-12;1-2/h5-17H,2-4H2,1H3;2H,1H3/t5-,6-,7+,8-,9-,10-,11-,12+;/m1./s1. The first-order valence-corrected chi connectivity index (χ1v) is 7.15. The smallest absolute Gasteiger partial charge is 0.186 e. The van der Waals surface area contributed by atoms with Crippen LogP contribution in [0.3, 0.4) is 0 Å². The van der Waals surface area contributed by atoms with Gasteiger partial charge in [0.1, 0.15) is 24.4 Å². The molecule has 2 heterocycles. The SMILES string of the molecule is CO.C[C@H]1O[C@H](CO)[C@@H](O)[C@@H]1O[C@@H]1O[C@@H](CO)C[C@H](O)[C@H]1O. The average molecular weight is 326 g/mol. The Morgan fingerprint density at radius 3 is 2.14 bits per heavy atom. The molecule has 9 nitrogen and oxygen atoms in total. The molecule has 0 spiro atoms. The van der Waals surface area contributed by atoms with Crippen LogP contribution in [0.15, 0.2) is 0 Å². The molecule has 22 heavy (non-hydrogen) atoms. The van der Waals surface area contributed by atoms with Crippen LogP contribution in [0.4, 0.5) is 0 Å². The first-order chi connectivity index (χ1) is 10.5. The Kier molecular flexibility index (Phi) is 8.11. The number of aliphatic hydroxyl groups excluding tert-OH is 6. The van der Waals surface area contributed by atoms with Gasteiger partial charge in [-0.1, -0.05) is 0 Å². The third kappa shape index (κ3) is 4.34. The first-order valence-electron chi connectivity index (χ1n) is 7.15. The zero-order valence-electron chi connectivity index (χ0n) is 12.6. The van der Waals surface area contributed by atoms with Crippen LogP contribution in [0.5, 0.6) is 0 Å². The summed E-state index contributed by atoms with van der Waals surface area (Å²) in [6, 6.07) is 0. The lowest BCUT2D eigenvalue weighted by Crippen LogP contribution is -2.53. The summed E-state index contributed by atoms with van der Waals surface area (Å²) in [5.74, 6) is 0. The Labute approximate surface area is 128 Å². The van der Waals surface area contributed by atoms with Crippen molar-refractivity contribution in [3.05, 3.63) is 0 Å². The molecule has 0 amide bonds. The summed E-state index contributed by atoms with van der Waals surface area (Å²) in [6.07, 6.45) is -7.15. The molecule has 0 bridgehead atoms. The van der Waals surface area contributed by atoms with E-state index in [1.165, 1.54) is 0 Å². The molecule has 2 saturated heterocycles. The predicted octanol–water partition coefficient (Wildman–Crippen LogP) is -3.05. The van der Waals surface area contributed by atoms with Crippen LogP contribution in [0.2, 0.25) is 0 Å². The second kappa shape index (κ2) is 9.06. The molecule has 0 aliphatic carbocycles. The Balaban J connectivity index is 0.00000116. The van der Waals surface area contributed by atoms with E-state index in [0.717, 1.165) is 7.11 Å². The molecule has 0 saturated carbocycles. The molecule has 9 heteroatoms. The maximum absolute atomic E-state index is 9.97. The van der Waals surface area contributed by atoms with Gasteiger partial charge in [-0.25, -0.2) is 0 Å². The summed E-state index contributed by atoms with van der Waals surface area (Å²) < 4.78 is 16.1. The second-order valence-corrected chi connectivity index (χ2v) is 5.26. The third-order valence-corrected chi connectivity index (χ3v) is 3.75. The quantitative estimate of drug-likeness (QED) is 0.317. The number of aliphatic hydroxyl groups is 6. The molecule has 132 valence electrons. The highest BCUT2D eigenvalue weighted by atomic mass is 16.7. The van der Waals surface area contributed by atoms with Crippen molar-refractivity contribution >= 4 is 0 Å². The van der Waals surface area contributed by atoms with Crippen LogP contribution in [-0.4, -0.2) is 100.0 Å². The highest BCUT2D eigenvalue weighted by molar-refractivity contribution is 4.91. The fourth-order valence-corrected chi connectivity index (χ4v) is 2.57. The minimum absolute atomic E-state index is 0.107. The largest absolute Gasteiger partial charge is 0.400 e. The lowest BCUT2D eigenvalue weighted by atomic mass is 10.0. The molecule has 2 fully saturated rings. The van der Waals surface area contributed by atoms with Crippen molar-refractivity contribution in [1.82, 2.24) is 0 Å². The van der Waals surface area contributed by atoms with Gasteiger partial charge in [0.15, 0.2) is 6.29 Å². The fraction of sp³-hybridized carbons (Fsp3) is 1.00. The molecule has 0 radical (unpaired) electrons. The summed E-state index contributed by atoms with van der Waals surface area (Å²) in [5, 5.41) is 54.7. The normalized spacial score (nSPS) is 45.3. The Hall–Kier alpha value is -0.360. The minimum Gasteiger partial charge on any atom is -0.400 e. The highest BCUT2D eigenvalue weighted by Gasteiger charge is 2.46. The van der Waals surface area contributed by atoms with Gasteiger partial charge in [0.2, 0.25) is 0 Å². The summed E-state index contributed by atoms with van der Waals surface area (Å²) in [5.41, 5.74) is 0. The van der Waals surface area contributed by atoms with Crippen molar-refractivity contribution in [3.8, 4) is 0 Å². The van der Waals surface area contributed by atoms with Crippen LogP contribution in [-0.2, 0) is 14.2 Å². The molecular weight excluding hydrogens is 300 g/mol. The van der Waals surface area contributed by atoms with E-state index in [0.29, 0.717) is 0 Å². The molecule has 0 unspecified atom stereocenters. The zero-order valence-corrected chi connectivity index (χ0v) is 12.6. The maximum atomic E-state index is 9.97. The molecule has 0 aromatic rings. The van der Waals surface area contributed by atoms with Crippen LogP contribution in [0, 0.1) is 0 Å². The van der Waals surface area contributed by atoms with Crippen molar-refractivity contribution < 1.29 is 44.8 Å². The predicted molar refractivity (Wildman–Crippen MR) is 72.8 cm³/mol. The average Bonchev–Trinajstić information content (AvgIpc) is 2.80. The molecule has 0 aromatic carbocycles. The van der Waals surface area contributed by atoms with Gasteiger partial charge >= 0.3 is 0 Å². The lowest BCUT2D eigenvalue weighted by molar-refractivity contribution is -0.292. The Bertz CT molecular complexity index is 316. The fourth-order valence-electron chi connectivity index (χ4n) is 2.57. The van der Waals surface area contributed by atoms with E-state index in [2.05, 4.69) is 0 Å². The number of hydrogen-bond acceptors (Lipinski definition) is 9. The van der Waals surface area contributed by atoms with E-state index >= 15 is 0 Å². The van der Waals surface area contributed by atoms with Gasteiger partial charge in [0, 0.05) is 13.5 Å². The number of hydrogen-bond donors (Lipinski definition) is 6. The molecule has 6 N–H and O–H groups in total. The highest BCUT2D eigenvalue weighted by Crippen LogP contribution is 2.28. The van der Waals surface area contributed by atoms with E-state index in [1.807, 2.05) is 0 Å². The maximum Gasteiger partial charge on any atom is 0.186 e. The summed E-state index contributed by atoms with van der Waals surface area (Å²) in [7, 11) is 1.00. The Morgan fingerprint density at radius 2 is 1.64 bits per heavy atom. The van der Waals surface area contributed by atoms with Crippen LogP contribution in [0.25, 0.3) is 0 Å². The van der Waals surface area contributed by atoms with Crippen molar-refractivity contribution in [2.45, 2.75) is 62.4 Å². The van der Waals surface area contributed by atoms with Gasteiger partial charge in [-0.3, -0.25) is 0 Å². The minimum atomic E-state index is -1.27. The van der Waals surface area contributed by atoms with Gasteiger partial charge in [0.25, 0.3) is 0 Å². The van der Waals surface area contributed by atoms with Gasteiger partial charge < -0.3 is 44.8 Å². The van der Waals surface area contributed by atoms with Crippen LogP contribution >= 0.6 is 0 Å². The topological polar surface area (TPSA) is 149 Å². The molecule has 2 aliphatic heterocycles. The van der Waals surface area contributed by atoms with Gasteiger partial charge in [-0.05, 0) is 6.92 Å². The molecular formula is C13H26O9.